The number of halogens is 3. The second-order valence-electron chi connectivity index (χ2n) is 3.91. The van der Waals surface area contributed by atoms with Crippen LogP contribution in [-0.4, -0.2) is 12.5 Å². The van der Waals surface area contributed by atoms with Crippen LogP contribution in [0.15, 0.2) is 24.3 Å². The summed E-state index contributed by atoms with van der Waals surface area (Å²) in [6.45, 7) is 2.02. The highest BCUT2D eigenvalue weighted by Gasteiger charge is 2.30. The maximum atomic E-state index is 12.4. The van der Waals surface area contributed by atoms with Gasteiger partial charge in [-0.3, -0.25) is 4.79 Å². The molecule has 0 spiro atoms. The normalized spacial score (nSPS) is 10.5. The molecule has 0 unspecified atom stereocenters. The van der Waals surface area contributed by atoms with Gasteiger partial charge in [0, 0.05) is 12.0 Å². The molecule has 1 aromatic rings. The smallest absolute Gasteiger partial charge is 0.345 e. The Kier molecular flexibility index (Phi) is 5.43. The van der Waals surface area contributed by atoms with E-state index in [1.54, 1.807) is 0 Å². The van der Waals surface area contributed by atoms with Gasteiger partial charge in [0.15, 0.2) is 0 Å². The Morgan fingerprint density at radius 3 is 2.74 bits per heavy atom. The van der Waals surface area contributed by atoms with Crippen LogP contribution in [0.25, 0.3) is 0 Å². The fourth-order valence-corrected chi connectivity index (χ4v) is 1.38. The third kappa shape index (κ3) is 5.47. The van der Waals surface area contributed by atoms with E-state index in [2.05, 4.69) is 17.2 Å². The maximum Gasteiger partial charge on any atom is 0.416 e. The van der Waals surface area contributed by atoms with E-state index in [9.17, 15) is 18.0 Å². The first-order valence-electron chi connectivity index (χ1n) is 5.86. The topological polar surface area (TPSA) is 29.1 Å². The van der Waals surface area contributed by atoms with E-state index in [0.717, 1.165) is 18.6 Å². The van der Waals surface area contributed by atoms with Crippen LogP contribution >= 0.6 is 0 Å². The van der Waals surface area contributed by atoms with Crippen molar-refractivity contribution >= 4 is 5.91 Å². The Balaban J connectivity index is 2.61. The van der Waals surface area contributed by atoms with Gasteiger partial charge in [0.05, 0.1) is 12.1 Å². The molecular weight excluding hydrogens is 255 g/mol. The number of alkyl halides is 3. The molecule has 0 radical (unpaired) electrons. The van der Waals surface area contributed by atoms with Crippen molar-refractivity contribution in [3.63, 3.8) is 0 Å². The number of carbonyl (C=O) groups excluding carboxylic acids is 1. The molecule has 1 aromatic carbocycles. The number of amides is 1. The molecule has 1 N–H and O–H groups in total. The first-order chi connectivity index (χ1) is 8.93. The quantitative estimate of drug-likeness (QED) is 0.840. The van der Waals surface area contributed by atoms with E-state index in [-0.39, 0.29) is 18.0 Å². The molecule has 19 heavy (non-hydrogen) atoms. The molecule has 0 atom stereocenters. The van der Waals surface area contributed by atoms with Crippen LogP contribution in [0.3, 0.4) is 0 Å². The standard InChI is InChI=1S/C14H14F3NO/c1-2-5-13(19)18-9-4-7-11-6-3-8-12(10-11)14(15,16)17/h3,6,8,10H,2,5,9H2,1H3,(H,18,19). The average Bonchev–Trinajstić information content (AvgIpc) is 2.34. The minimum absolute atomic E-state index is 0.110. The molecule has 1 amide bonds. The third-order valence-corrected chi connectivity index (χ3v) is 2.27. The summed E-state index contributed by atoms with van der Waals surface area (Å²) in [6, 6.07) is 4.79. The van der Waals surface area contributed by atoms with E-state index in [4.69, 9.17) is 0 Å². The molecule has 0 saturated heterocycles. The fraction of sp³-hybridized carbons (Fsp3) is 0.357. The van der Waals surface area contributed by atoms with Crippen LogP contribution in [0.5, 0.6) is 0 Å². The van der Waals surface area contributed by atoms with Crippen LogP contribution < -0.4 is 5.32 Å². The zero-order valence-electron chi connectivity index (χ0n) is 10.5. The van der Waals surface area contributed by atoms with Gasteiger partial charge in [0.25, 0.3) is 0 Å². The minimum atomic E-state index is -4.37. The van der Waals surface area contributed by atoms with Crippen molar-refractivity contribution in [3.05, 3.63) is 35.4 Å². The largest absolute Gasteiger partial charge is 0.416 e. The fourth-order valence-electron chi connectivity index (χ4n) is 1.38. The van der Waals surface area contributed by atoms with Crippen molar-refractivity contribution in [1.82, 2.24) is 5.32 Å². The van der Waals surface area contributed by atoms with Crippen LogP contribution in [0.1, 0.15) is 30.9 Å². The van der Waals surface area contributed by atoms with Crippen LogP contribution in [0, 0.1) is 11.8 Å². The zero-order valence-corrected chi connectivity index (χ0v) is 10.5. The van der Waals surface area contributed by atoms with E-state index in [1.807, 2.05) is 6.92 Å². The molecule has 1 rings (SSSR count). The molecule has 0 aromatic heterocycles. The number of nitrogens with one attached hydrogen (secondary N) is 1. The lowest BCUT2D eigenvalue weighted by atomic mass is 10.1. The van der Waals surface area contributed by atoms with Crippen molar-refractivity contribution in [3.8, 4) is 11.8 Å². The first-order valence-corrected chi connectivity index (χ1v) is 5.86. The lowest BCUT2D eigenvalue weighted by molar-refractivity contribution is -0.137. The molecule has 0 heterocycles. The number of hydrogen-bond donors (Lipinski definition) is 1. The van der Waals surface area contributed by atoms with Crippen LogP contribution in [0.2, 0.25) is 0 Å². The van der Waals surface area contributed by atoms with Crippen molar-refractivity contribution in [2.24, 2.45) is 0 Å². The summed E-state index contributed by atoms with van der Waals surface area (Å²) in [5.41, 5.74) is -0.450. The summed E-state index contributed by atoms with van der Waals surface area (Å²) in [5, 5.41) is 2.56. The molecular formula is C14H14F3NO. The van der Waals surface area contributed by atoms with Crippen molar-refractivity contribution < 1.29 is 18.0 Å². The number of benzene rings is 1. The van der Waals surface area contributed by atoms with Gasteiger partial charge in [-0.1, -0.05) is 24.8 Å². The van der Waals surface area contributed by atoms with Gasteiger partial charge in [-0.2, -0.15) is 13.2 Å². The van der Waals surface area contributed by atoms with Crippen molar-refractivity contribution in [1.29, 1.82) is 0 Å². The highest BCUT2D eigenvalue weighted by Crippen LogP contribution is 2.29. The molecule has 2 nitrogen and oxygen atoms in total. The summed E-state index contributed by atoms with van der Waals surface area (Å²) in [4.78, 5) is 11.1. The Labute approximate surface area is 110 Å². The lowest BCUT2D eigenvalue weighted by Crippen LogP contribution is -2.22. The Hall–Kier alpha value is -1.96. The molecule has 0 aliphatic carbocycles. The number of hydrogen-bond acceptors (Lipinski definition) is 1. The van der Waals surface area contributed by atoms with Gasteiger partial charge in [0.1, 0.15) is 0 Å². The molecule has 0 fully saturated rings. The predicted octanol–water partition coefficient (Wildman–Crippen LogP) is 2.97. The molecule has 0 bridgehead atoms. The number of carbonyl (C=O) groups is 1. The zero-order chi connectivity index (χ0) is 14.3. The Morgan fingerprint density at radius 2 is 2.11 bits per heavy atom. The first kappa shape index (κ1) is 15.1. The molecule has 102 valence electrons. The summed E-state index contributed by atoms with van der Waals surface area (Å²) < 4.78 is 37.3. The summed E-state index contributed by atoms with van der Waals surface area (Å²) in [5.74, 6) is 5.10. The van der Waals surface area contributed by atoms with Gasteiger partial charge < -0.3 is 5.32 Å². The highest BCUT2D eigenvalue weighted by atomic mass is 19.4. The SMILES string of the molecule is CCCC(=O)NCC#Cc1cccc(C(F)(F)F)c1. The van der Waals surface area contributed by atoms with E-state index in [0.29, 0.717) is 6.42 Å². The van der Waals surface area contributed by atoms with Crippen molar-refractivity contribution in [2.75, 3.05) is 6.54 Å². The van der Waals surface area contributed by atoms with Gasteiger partial charge >= 0.3 is 6.18 Å². The predicted molar refractivity (Wildman–Crippen MR) is 66.2 cm³/mol. The Bertz CT molecular complexity index is 497. The maximum absolute atomic E-state index is 12.4. The molecule has 0 aliphatic rings. The average molecular weight is 269 g/mol. The highest BCUT2D eigenvalue weighted by molar-refractivity contribution is 5.76. The van der Waals surface area contributed by atoms with E-state index >= 15 is 0 Å². The minimum Gasteiger partial charge on any atom is -0.345 e. The van der Waals surface area contributed by atoms with E-state index < -0.39 is 11.7 Å². The summed E-state index contributed by atoms with van der Waals surface area (Å²) in [6.07, 6.45) is -3.20. The monoisotopic (exact) mass is 269 g/mol. The number of rotatable bonds is 3. The summed E-state index contributed by atoms with van der Waals surface area (Å²) >= 11 is 0. The van der Waals surface area contributed by atoms with Gasteiger partial charge in [-0.05, 0) is 24.6 Å². The third-order valence-electron chi connectivity index (χ3n) is 2.27. The van der Waals surface area contributed by atoms with Crippen LogP contribution in [-0.2, 0) is 11.0 Å². The van der Waals surface area contributed by atoms with Gasteiger partial charge in [-0.15, -0.1) is 0 Å². The van der Waals surface area contributed by atoms with Crippen molar-refractivity contribution in [2.45, 2.75) is 25.9 Å². The molecule has 5 heteroatoms. The second-order valence-corrected chi connectivity index (χ2v) is 3.91. The van der Waals surface area contributed by atoms with Gasteiger partial charge in [-0.25, -0.2) is 0 Å². The van der Waals surface area contributed by atoms with E-state index in [1.165, 1.54) is 12.1 Å². The van der Waals surface area contributed by atoms with Gasteiger partial charge in [0.2, 0.25) is 5.91 Å². The molecule has 0 saturated carbocycles. The second kappa shape index (κ2) is 6.83. The lowest BCUT2D eigenvalue weighted by Gasteiger charge is -2.05. The summed E-state index contributed by atoms with van der Waals surface area (Å²) in [7, 11) is 0. The van der Waals surface area contributed by atoms with Crippen LogP contribution in [0.4, 0.5) is 13.2 Å². The Morgan fingerprint density at radius 1 is 1.37 bits per heavy atom. The molecule has 0 aliphatic heterocycles.